The average molecular weight is 331 g/mol. The molecule has 0 aliphatic carbocycles. The predicted molar refractivity (Wildman–Crippen MR) is 97.0 cm³/mol. The molecule has 0 amide bonds. The fourth-order valence-electron chi connectivity index (χ4n) is 2.70. The van der Waals surface area contributed by atoms with Crippen LogP contribution in [0.3, 0.4) is 0 Å². The summed E-state index contributed by atoms with van der Waals surface area (Å²) in [5.74, 6) is 0.667. The van der Waals surface area contributed by atoms with Gasteiger partial charge in [-0.1, -0.05) is 19.4 Å². The molecule has 1 aromatic carbocycles. The van der Waals surface area contributed by atoms with Crippen LogP contribution in [0.2, 0.25) is 0 Å². The van der Waals surface area contributed by atoms with Gasteiger partial charge in [-0.2, -0.15) is 0 Å². The van der Waals surface area contributed by atoms with E-state index in [2.05, 4.69) is 35.9 Å². The number of anilines is 2. The second kappa shape index (κ2) is 7.79. The van der Waals surface area contributed by atoms with Crippen LogP contribution in [0.1, 0.15) is 37.2 Å². The highest BCUT2D eigenvalue weighted by Gasteiger charge is 2.20. The van der Waals surface area contributed by atoms with Gasteiger partial charge < -0.3 is 9.45 Å². The summed E-state index contributed by atoms with van der Waals surface area (Å²) >= 11 is -1.06. The molecule has 1 aromatic heterocycles. The van der Waals surface area contributed by atoms with Gasteiger partial charge in [0.25, 0.3) is 0 Å². The van der Waals surface area contributed by atoms with Gasteiger partial charge in [-0.25, -0.2) is 9.97 Å². The molecule has 0 aliphatic rings. The third-order valence-electron chi connectivity index (χ3n) is 3.69. The summed E-state index contributed by atoms with van der Waals surface area (Å²) in [5, 5.41) is 0. The molecule has 2 aromatic rings. The largest absolute Gasteiger partial charge is 0.612 e. The molecule has 1 atom stereocenters. The summed E-state index contributed by atoms with van der Waals surface area (Å²) in [4.78, 5) is 12.0. The zero-order chi connectivity index (χ0) is 17.0. The van der Waals surface area contributed by atoms with Crippen molar-refractivity contribution in [3.63, 3.8) is 0 Å². The van der Waals surface area contributed by atoms with E-state index in [1.807, 2.05) is 30.9 Å². The maximum atomic E-state index is 12.3. The van der Waals surface area contributed by atoms with E-state index in [9.17, 15) is 4.55 Å². The first kappa shape index (κ1) is 17.8. The lowest BCUT2D eigenvalue weighted by atomic mass is 10.1. The van der Waals surface area contributed by atoms with Crippen molar-refractivity contribution in [1.82, 2.24) is 9.97 Å². The molecule has 1 heterocycles. The van der Waals surface area contributed by atoms with Crippen LogP contribution < -0.4 is 4.90 Å². The Morgan fingerprint density at radius 2 is 1.74 bits per heavy atom. The molecule has 0 fully saturated rings. The van der Waals surface area contributed by atoms with Crippen LogP contribution in [-0.4, -0.2) is 27.3 Å². The third kappa shape index (κ3) is 4.24. The molecule has 23 heavy (non-hydrogen) atoms. The van der Waals surface area contributed by atoms with E-state index in [1.165, 1.54) is 5.56 Å². The lowest BCUT2D eigenvalue weighted by Gasteiger charge is -2.24. The van der Waals surface area contributed by atoms with Crippen LogP contribution in [0.5, 0.6) is 0 Å². The molecule has 1 unspecified atom stereocenters. The zero-order valence-corrected chi connectivity index (χ0v) is 15.4. The maximum absolute atomic E-state index is 12.3. The first-order valence-electron chi connectivity index (χ1n) is 8.02. The first-order valence-corrected chi connectivity index (χ1v) is 9.58. The summed E-state index contributed by atoms with van der Waals surface area (Å²) < 4.78 is 12.3. The summed E-state index contributed by atoms with van der Waals surface area (Å²) in [5.41, 5.74) is 4.03. The van der Waals surface area contributed by atoms with E-state index in [0.29, 0.717) is 5.95 Å². The van der Waals surface area contributed by atoms with Gasteiger partial charge in [0.05, 0.1) is 5.69 Å². The first-order chi connectivity index (χ1) is 11.0. The molecule has 0 aliphatic heterocycles. The second-order valence-corrected chi connectivity index (χ2v) is 7.05. The van der Waals surface area contributed by atoms with E-state index in [0.717, 1.165) is 41.4 Å². The molecular weight excluding hydrogens is 306 g/mol. The Balaban J connectivity index is 2.52. The van der Waals surface area contributed by atoms with Crippen molar-refractivity contribution >= 4 is 22.8 Å². The summed E-state index contributed by atoms with van der Waals surface area (Å²) in [7, 11) is 0. The molecule has 2 rings (SSSR count). The van der Waals surface area contributed by atoms with E-state index in [1.54, 1.807) is 6.26 Å². The number of nitrogens with zero attached hydrogens (tertiary/aromatic N) is 3. The van der Waals surface area contributed by atoms with Crippen LogP contribution in [0, 0.1) is 13.8 Å². The number of rotatable bonds is 6. The number of aromatic nitrogens is 2. The van der Waals surface area contributed by atoms with Crippen molar-refractivity contribution in [3.05, 3.63) is 41.2 Å². The highest BCUT2D eigenvalue weighted by molar-refractivity contribution is 7.90. The smallest absolute Gasteiger partial charge is 0.230 e. The van der Waals surface area contributed by atoms with Crippen LogP contribution in [0.4, 0.5) is 11.6 Å². The van der Waals surface area contributed by atoms with Crippen LogP contribution in [-0.2, 0) is 17.6 Å². The Bertz CT molecular complexity index is 653. The molecule has 5 heteroatoms. The number of benzene rings is 1. The summed E-state index contributed by atoms with van der Waals surface area (Å²) in [6.07, 6.45) is 3.80. The Morgan fingerprint density at radius 3 is 2.26 bits per heavy atom. The molecule has 0 bridgehead atoms. The minimum absolute atomic E-state index is 0.667. The minimum Gasteiger partial charge on any atom is -0.612 e. The van der Waals surface area contributed by atoms with E-state index < -0.39 is 11.2 Å². The molecule has 0 spiro atoms. The van der Waals surface area contributed by atoms with Gasteiger partial charge in [-0.3, -0.25) is 0 Å². The molecular formula is C18H25N3OS. The molecule has 0 N–H and O–H groups in total. The predicted octanol–water partition coefficient (Wildman–Crippen LogP) is 3.94. The Kier molecular flexibility index (Phi) is 6.02. The standard InChI is InChI=1S/C18H25N3OS/c1-6-8-15-9-10-16(17(12-15)23(5)22)21(7-2)18-19-13(3)11-14(4)20-18/h9-12H,6-8H2,1-5H3. The van der Waals surface area contributed by atoms with Crippen molar-refractivity contribution in [2.24, 2.45) is 0 Å². The van der Waals surface area contributed by atoms with Gasteiger partial charge in [0.15, 0.2) is 4.90 Å². The monoisotopic (exact) mass is 331 g/mol. The summed E-state index contributed by atoms with van der Waals surface area (Å²) in [6, 6.07) is 8.17. The van der Waals surface area contributed by atoms with E-state index in [4.69, 9.17) is 0 Å². The number of aryl methyl sites for hydroxylation is 3. The number of hydrogen-bond acceptors (Lipinski definition) is 4. The van der Waals surface area contributed by atoms with Gasteiger partial charge in [-0.05, 0) is 62.1 Å². The lowest BCUT2D eigenvalue weighted by Crippen LogP contribution is -2.22. The van der Waals surface area contributed by atoms with E-state index >= 15 is 0 Å². The topological polar surface area (TPSA) is 52.1 Å². The third-order valence-corrected chi connectivity index (χ3v) is 4.64. The van der Waals surface area contributed by atoms with Gasteiger partial charge in [0.2, 0.25) is 5.95 Å². The minimum atomic E-state index is -1.06. The average Bonchev–Trinajstić information content (AvgIpc) is 2.48. The Labute approximate surface area is 142 Å². The van der Waals surface area contributed by atoms with Crippen molar-refractivity contribution < 1.29 is 4.55 Å². The van der Waals surface area contributed by atoms with Gasteiger partial charge >= 0.3 is 0 Å². The van der Waals surface area contributed by atoms with Crippen molar-refractivity contribution in [3.8, 4) is 0 Å². The Hall–Kier alpha value is -1.59. The zero-order valence-electron chi connectivity index (χ0n) is 14.6. The normalized spacial score (nSPS) is 12.3. The van der Waals surface area contributed by atoms with Crippen LogP contribution in [0.25, 0.3) is 0 Å². The van der Waals surface area contributed by atoms with Gasteiger partial charge in [-0.15, -0.1) is 0 Å². The fraction of sp³-hybridized carbons (Fsp3) is 0.444. The molecule has 4 nitrogen and oxygen atoms in total. The van der Waals surface area contributed by atoms with Crippen molar-refractivity contribution in [2.45, 2.75) is 45.4 Å². The van der Waals surface area contributed by atoms with Crippen LogP contribution >= 0.6 is 0 Å². The Morgan fingerprint density at radius 1 is 1.09 bits per heavy atom. The number of hydrogen-bond donors (Lipinski definition) is 0. The maximum Gasteiger partial charge on any atom is 0.230 e. The lowest BCUT2D eigenvalue weighted by molar-refractivity contribution is 0.600. The van der Waals surface area contributed by atoms with Crippen molar-refractivity contribution in [2.75, 3.05) is 17.7 Å². The highest BCUT2D eigenvalue weighted by atomic mass is 32.2. The molecule has 0 saturated heterocycles. The summed E-state index contributed by atoms with van der Waals surface area (Å²) in [6.45, 7) is 8.87. The SMILES string of the molecule is CCCc1ccc(N(CC)c2nc(C)cc(C)n2)c([S+](C)[O-])c1. The molecule has 0 radical (unpaired) electrons. The van der Waals surface area contributed by atoms with Crippen molar-refractivity contribution in [1.29, 1.82) is 0 Å². The van der Waals surface area contributed by atoms with Crippen LogP contribution in [0.15, 0.2) is 29.2 Å². The quantitative estimate of drug-likeness (QED) is 0.752. The van der Waals surface area contributed by atoms with Gasteiger partial charge in [0.1, 0.15) is 6.26 Å². The molecule has 0 saturated carbocycles. The molecule has 124 valence electrons. The van der Waals surface area contributed by atoms with Gasteiger partial charge in [0, 0.05) is 17.9 Å². The highest BCUT2D eigenvalue weighted by Crippen LogP contribution is 2.31. The second-order valence-electron chi connectivity index (χ2n) is 5.70. The fourth-order valence-corrected chi connectivity index (χ4v) is 3.49. The van der Waals surface area contributed by atoms with E-state index in [-0.39, 0.29) is 0 Å².